The Morgan fingerprint density at radius 1 is 1.09 bits per heavy atom. The summed E-state index contributed by atoms with van der Waals surface area (Å²) in [6.45, 7) is 0. The van der Waals surface area contributed by atoms with Crippen molar-refractivity contribution in [1.82, 2.24) is 4.98 Å². The summed E-state index contributed by atoms with van der Waals surface area (Å²) in [5.74, 6) is 1.86. The average Bonchev–Trinajstić information content (AvgIpc) is 3.31. The second kappa shape index (κ2) is 6.71. The molecule has 0 amide bonds. The van der Waals surface area contributed by atoms with Gasteiger partial charge in [0.25, 0.3) is 5.19 Å². The van der Waals surface area contributed by atoms with Crippen molar-refractivity contribution >= 4 is 21.6 Å². The number of aryl methyl sites for hydroxylation is 1. The van der Waals surface area contributed by atoms with E-state index in [9.17, 15) is 0 Å². The molecule has 0 aliphatic heterocycles. The summed E-state index contributed by atoms with van der Waals surface area (Å²) in [6.07, 6.45) is 8.92. The Hall–Kier alpha value is -1.87. The maximum atomic E-state index is 5.88. The molecule has 2 nitrogen and oxygen atoms in total. The summed E-state index contributed by atoms with van der Waals surface area (Å²) in [5.41, 5.74) is 2.36. The number of fused-ring (bicyclic) bond motifs is 1. The van der Waals surface area contributed by atoms with E-state index < -0.39 is 0 Å². The first-order chi connectivity index (χ1) is 11.4. The maximum Gasteiger partial charge on any atom is 0.279 e. The van der Waals surface area contributed by atoms with Gasteiger partial charge in [0.2, 0.25) is 0 Å². The Bertz CT molecular complexity index is 741. The van der Waals surface area contributed by atoms with Crippen LogP contribution < -0.4 is 4.74 Å². The van der Waals surface area contributed by atoms with Crippen molar-refractivity contribution in [2.24, 2.45) is 5.92 Å². The lowest BCUT2D eigenvalue weighted by atomic mass is 10.1. The Balaban J connectivity index is 1.33. The second-order valence-corrected chi connectivity index (χ2v) is 7.19. The average molecular weight is 322 g/mol. The quantitative estimate of drug-likeness (QED) is 0.496. The third-order valence-electron chi connectivity index (χ3n) is 4.24. The third-order valence-corrected chi connectivity index (χ3v) is 5.15. The first-order valence-electron chi connectivity index (χ1n) is 8.31. The summed E-state index contributed by atoms with van der Waals surface area (Å²) < 4.78 is 7.04. The Morgan fingerprint density at radius 2 is 1.91 bits per heavy atom. The Labute approximate surface area is 141 Å². The van der Waals surface area contributed by atoms with Gasteiger partial charge in [0.1, 0.15) is 5.75 Å². The molecule has 1 aromatic heterocycles. The highest BCUT2D eigenvalue weighted by Crippen LogP contribution is 2.34. The molecule has 0 spiro atoms. The standard InChI is InChI=1S/C20H20NOS/c1(5-15-9-10-15)2-6-16-11-13-17(14-12-16)22-20-21-18-7-3-4-8-19(18)23-20/h1,3-4,7-8,11-15H,2,5-6,9-10H2. The van der Waals surface area contributed by atoms with Crippen molar-refractivity contribution in [1.29, 1.82) is 0 Å². The molecule has 1 heterocycles. The van der Waals surface area contributed by atoms with E-state index in [1.54, 1.807) is 11.3 Å². The van der Waals surface area contributed by atoms with Crippen molar-refractivity contribution < 1.29 is 4.74 Å². The lowest BCUT2D eigenvalue weighted by molar-refractivity contribution is 0.480. The number of unbranched alkanes of at least 4 members (excludes halogenated alkanes) is 1. The maximum absolute atomic E-state index is 5.88. The number of para-hydroxylation sites is 1. The van der Waals surface area contributed by atoms with Gasteiger partial charge < -0.3 is 4.74 Å². The molecular formula is C20H20NOS. The normalized spacial score (nSPS) is 14.3. The highest BCUT2D eigenvalue weighted by molar-refractivity contribution is 7.20. The third kappa shape index (κ3) is 3.91. The van der Waals surface area contributed by atoms with Gasteiger partial charge in [0, 0.05) is 0 Å². The van der Waals surface area contributed by atoms with Crippen LogP contribution in [0.15, 0.2) is 48.5 Å². The number of thiazole rings is 1. The van der Waals surface area contributed by atoms with E-state index >= 15 is 0 Å². The number of aromatic nitrogens is 1. The van der Waals surface area contributed by atoms with E-state index in [0.29, 0.717) is 5.19 Å². The SMILES string of the molecule is [CH](CCc1ccc(Oc2nc3ccccc3s2)cc1)CC1CC1. The zero-order valence-electron chi connectivity index (χ0n) is 13.1. The van der Waals surface area contributed by atoms with Crippen LogP contribution in [0.4, 0.5) is 0 Å². The fraction of sp³-hybridized carbons (Fsp3) is 0.300. The van der Waals surface area contributed by atoms with E-state index in [1.165, 1.54) is 31.2 Å². The summed E-state index contributed by atoms with van der Waals surface area (Å²) in [4.78, 5) is 4.50. The number of nitrogens with zero attached hydrogens (tertiary/aromatic N) is 1. The summed E-state index contributed by atoms with van der Waals surface area (Å²) in [5, 5.41) is 0.705. The molecule has 3 heteroatoms. The minimum absolute atomic E-state index is 0.705. The van der Waals surface area contributed by atoms with Crippen molar-refractivity contribution in [3.8, 4) is 10.9 Å². The molecule has 2 aromatic carbocycles. The van der Waals surface area contributed by atoms with Crippen LogP contribution in [0, 0.1) is 12.3 Å². The van der Waals surface area contributed by atoms with E-state index in [4.69, 9.17) is 4.74 Å². The van der Waals surface area contributed by atoms with Crippen LogP contribution in [-0.4, -0.2) is 4.98 Å². The summed E-state index contributed by atoms with van der Waals surface area (Å²) in [6, 6.07) is 16.5. The van der Waals surface area contributed by atoms with Crippen LogP contribution in [0.3, 0.4) is 0 Å². The number of hydrogen-bond acceptors (Lipinski definition) is 3. The second-order valence-electron chi connectivity index (χ2n) is 6.20. The first kappa shape index (κ1) is 14.7. The number of hydrogen-bond donors (Lipinski definition) is 0. The fourth-order valence-electron chi connectivity index (χ4n) is 2.70. The molecule has 117 valence electrons. The molecule has 0 N–H and O–H groups in total. The van der Waals surface area contributed by atoms with Gasteiger partial charge >= 0.3 is 0 Å². The van der Waals surface area contributed by atoms with Crippen LogP contribution in [0.25, 0.3) is 10.2 Å². The molecular weight excluding hydrogens is 302 g/mol. The van der Waals surface area contributed by atoms with Crippen molar-refractivity contribution in [3.05, 3.63) is 60.5 Å². The van der Waals surface area contributed by atoms with Gasteiger partial charge in [0.05, 0.1) is 10.2 Å². The molecule has 4 rings (SSSR count). The largest absolute Gasteiger partial charge is 0.431 e. The van der Waals surface area contributed by atoms with Crippen molar-refractivity contribution in [2.45, 2.75) is 32.1 Å². The van der Waals surface area contributed by atoms with Crippen LogP contribution in [0.1, 0.15) is 31.2 Å². The summed E-state index contributed by atoms with van der Waals surface area (Å²) >= 11 is 1.58. The lowest BCUT2D eigenvalue weighted by Crippen LogP contribution is -1.88. The topological polar surface area (TPSA) is 22.1 Å². The van der Waals surface area contributed by atoms with Gasteiger partial charge in [-0.3, -0.25) is 0 Å². The van der Waals surface area contributed by atoms with E-state index in [-0.39, 0.29) is 0 Å². The predicted octanol–water partition coefficient (Wildman–Crippen LogP) is 6.03. The molecule has 1 aliphatic rings. The fourth-order valence-corrected chi connectivity index (χ4v) is 3.53. The minimum atomic E-state index is 0.705. The highest BCUT2D eigenvalue weighted by atomic mass is 32.1. The molecule has 3 aromatic rings. The molecule has 0 bridgehead atoms. The molecule has 1 radical (unpaired) electrons. The molecule has 0 atom stereocenters. The van der Waals surface area contributed by atoms with Gasteiger partial charge in [-0.2, -0.15) is 0 Å². The molecule has 23 heavy (non-hydrogen) atoms. The Morgan fingerprint density at radius 3 is 2.70 bits per heavy atom. The van der Waals surface area contributed by atoms with E-state index in [0.717, 1.165) is 28.3 Å². The van der Waals surface area contributed by atoms with Crippen LogP contribution in [0.2, 0.25) is 0 Å². The van der Waals surface area contributed by atoms with Gasteiger partial charge in [0.15, 0.2) is 0 Å². The van der Waals surface area contributed by atoms with Crippen LogP contribution >= 0.6 is 11.3 Å². The number of benzene rings is 2. The van der Waals surface area contributed by atoms with E-state index in [1.807, 2.05) is 30.3 Å². The van der Waals surface area contributed by atoms with Crippen LogP contribution in [0.5, 0.6) is 10.9 Å². The number of rotatable bonds is 7. The molecule has 1 fully saturated rings. The van der Waals surface area contributed by atoms with Gasteiger partial charge in [-0.1, -0.05) is 48.4 Å². The molecule has 0 saturated heterocycles. The van der Waals surface area contributed by atoms with Gasteiger partial charge in [-0.15, -0.1) is 0 Å². The lowest BCUT2D eigenvalue weighted by Gasteiger charge is -2.04. The smallest absolute Gasteiger partial charge is 0.279 e. The van der Waals surface area contributed by atoms with Crippen LogP contribution in [-0.2, 0) is 6.42 Å². The summed E-state index contributed by atoms with van der Waals surface area (Å²) in [7, 11) is 0. The monoisotopic (exact) mass is 322 g/mol. The van der Waals surface area contributed by atoms with Crippen molar-refractivity contribution in [2.75, 3.05) is 0 Å². The minimum Gasteiger partial charge on any atom is -0.431 e. The number of ether oxygens (including phenoxy) is 1. The molecule has 1 saturated carbocycles. The van der Waals surface area contributed by atoms with Gasteiger partial charge in [-0.25, -0.2) is 4.98 Å². The molecule has 1 aliphatic carbocycles. The van der Waals surface area contributed by atoms with E-state index in [2.05, 4.69) is 29.6 Å². The van der Waals surface area contributed by atoms with Gasteiger partial charge in [-0.05, 0) is 61.4 Å². The highest BCUT2D eigenvalue weighted by Gasteiger charge is 2.19. The zero-order chi connectivity index (χ0) is 15.5. The molecule has 0 unspecified atom stereocenters. The van der Waals surface area contributed by atoms with Crippen molar-refractivity contribution in [3.63, 3.8) is 0 Å². The first-order valence-corrected chi connectivity index (χ1v) is 9.12. The zero-order valence-corrected chi connectivity index (χ0v) is 13.9. The Kier molecular flexibility index (Phi) is 4.29. The predicted molar refractivity (Wildman–Crippen MR) is 96.1 cm³/mol.